The minimum atomic E-state index is -4.67. The van der Waals surface area contributed by atoms with Crippen LogP contribution in [0.3, 0.4) is 0 Å². The Labute approximate surface area is 96.9 Å². The van der Waals surface area contributed by atoms with Gasteiger partial charge in [-0.3, -0.25) is 0 Å². The molecule has 1 aliphatic rings. The van der Waals surface area contributed by atoms with Crippen molar-refractivity contribution < 1.29 is 17.9 Å². The second kappa shape index (κ2) is 4.41. The lowest BCUT2D eigenvalue weighted by molar-refractivity contribution is -0.274. The Morgan fingerprint density at radius 3 is 2.53 bits per heavy atom. The van der Waals surface area contributed by atoms with Crippen molar-refractivity contribution >= 4 is 5.57 Å². The van der Waals surface area contributed by atoms with Crippen LogP contribution in [0.1, 0.15) is 18.4 Å². The van der Waals surface area contributed by atoms with Crippen LogP contribution in [-0.2, 0) is 0 Å². The first-order valence-corrected chi connectivity index (χ1v) is 5.27. The second-order valence-electron chi connectivity index (χ2n) is 3.94. The van der Waals surface area contributed by atoms with Gasteiger partial charge in [-0.2, -0.15) is 0 Å². The molecule has 0 saturated carbocycles. The number of hydrogen-bond acceptors (Lipinski definition) is 2. The highest BCUT2D eigenvalue weighted by Gasteiger charge is 2.32. The highest BCUT2D eigenvalue weighted by molar-refractivity contribution is 5.72. The number of para-hydroxylation sites is 1. The van der Waals surface area contributed by atoms with E-state index in [1.807, 2.05) is 0 Å². The van der Waals surface area contributed by atoms with Crippen molar-refractivity contribution in [1.29, 1.82) is 0 Å². The number of ether oxygens (including phenoxy) is 1. The van der Waals surface area contributed by atoms with Gasteiger partial charge in [0.25, 0.3) is 0 Å². The average molecular weight is 243 g/mol. The van der Waals surface area contributed by atoms with Gasteiger partial charge in [0.05, 0.1) is 0 Å². The van der Waals surface area contributed by atoms with E-state index in [0.717, 1.165) is 12.0 Å². The summed E-state index contributed by atoms with van der Waals surface area (Å²) in [5.41, 5.74) is 6.99. The Balaban J connectivity index is 2.31. The molecule has 2 N–H and O–H groups in total. The van der Waals surface area contributed by atoms with Crippen molar-refractivity contribution in [1.82, 2.24) is 0 Å². The maximum Gasteiger partial charge on any atom is 0.573 e. The number of halogens is 3. The molecule has 0 aliphatic heterocycles. The molecule has 1 aliphatic carbocycles. The summed E-state index contributed by atoms with van der Waals surface area (Å²) >= 11 is 0. The van der Waals surface area contributed by atoms with E-state index in [9.17, 15) is 13.2 Å². The molecule has 0 spiro atoms. The van der Waals surface area contributed by atoms with E-state index in [4.69, 9.17) is 5.73 Å². The first kappa shape index (κ1) is 12.0. The van der Waals surface area contributed by atoms with Gasteiger partial charge in [0.15, 0.2) is 0 Å². The Kier molecular flexibility index (Phi) is 3.11. The second-order valence-corrected chi connectivity index (χ2v) is 3.94. The van der Waals surface area contributed by atoms with E-state index in [1.54, 1.807) is 18.2 Å². The van der Waals surface area contributed by atoms with Gasteiger partial charge >= 0.3 is 6.36 Å². The van der Waals surface area contributed by atoms with Gasteiger partial charge in [-0.25, -0.2) is 0 Å². The van der Waals surface area contributed by atoms with Crippen LogP contribution in [0.2, 0.25) is 0 Å². The smallest absolute Gasteiger partial charge is 0.405 e. The van der Waals surface area contributed by atoms with Crippen molar-refractivity contribution in [2.24, 2.45) is 5.73 Å². The molecule has 5 heteroatoms. The minimum Gasteiger partial charge on any atom is -0.405 e. The third-order valence-electron chi connectivity index (χ3n) is 2.62. The minimum absolute atomic E-state index is 0.0797. The molecule has 0 amide bonds. The molecule has 0 heterocycles. The molecule has 0 aromatic heterocycles. The van der Waals surface area contributed by atoms with Crippen LogP contribution in [0.15, 0.2) is 30.3 Å². The molecule has 0 radical (unpaired) electrons. The van der Waals surface area contributed by atoms with Crippen LogP contribution in [0, 0.1) is 0 Å². The van der Waals surface area contributed by atoms with Crippen LogP contribution in [-0.4, -0.2) is 12.4 Å². The maximum absolute atomic E-state index is 12.2. The first-order chi connectivity index (χ1) is 7.96. The van der Waals surface area contributed by atoms with Crippen molar-refractivity contribution in [2.45, 2.75) is 25.2 Å². The van der Waals surface area contributed by atoms with E-state index in [1.165, 1.54) is 12.1 Å². The highest BCUT2D eigenvalue weighted by Crippen LogP contribution is 2.35. The lowest BCUT2D eigenvalue weighted by Gasteiger charge is -2.13. The standard InChI is InChI=1S/C12H12F3NO/c13-12(14,15)17-11-4-2-1-3-10(11)8-5-6-9(16)7-8/h1-4,7,9H,5-6,16H2. The zero-order valence-corrected chi connectivity index (χ0v) is 9.00. The molecule has 0 saturated heterocycles. The third-order valence-corrected chi connectivity index (χ3v) is 2.62. The van der Waals surface area contributed by atoms with E-state index in [2.05, 4.69) is 4.74 Å². The predicted molar refractivity (Wildman–Crippen MR) is 58.3 cm³/mol. The Bertz CT molecular complexity index is 440. The lowest BCUT2D eigenvalue weighted by Crippen LogP contribution is -2.18. The fraction of sp³-hybridized carbons (Fsp3) is 0.333. The van der Waals surface area contributed by atoms with E-state index in [-0.39, 0.29) is 11.8 Å². The van der Waals surface area contributed by atoms with Gasteiger partial charge < -0.3 is 10.5 Å². The highest BCUT2D eigenvalue weighted by atomic mass is 19.4. The number of allylic oxidation sites excluding steroid dienone is 1. The third kappa shape index (κ3) is 3.00. The molecule has 1 aromatic carbocycles. The Hall–Kier alpha value is -1.49. The quantitative estimate of drug-likeness (QED) is 0.866. The predicted octanol–water partition coefficient (Wildman–Crippen LogP) is 3.09. The van der Waals surface area contributed by atoms with Gasteiger partial charge in [-0.15, -0.1) is 13.2 Å². The number of benzene rings is 1. The van der Waals surface area contributed by atoms with Gasteiger partial charge in [-0.1, -0.05) is 24.3 Å². The molecule has 17 heavy (non-hydrogen) atoms. The molecule has 92 valence electrons. The number of alkyl halides is 3. The summed E-state index contributed by atoms with van der Waals surface area (Å²) in [5, 5.41) is 0. The Morgan fingerprint density at radius 1 is 1.24 bits per heavy atom. The number of nitrogens with two attached hydrogens (primary N) is 1. The summed E-state index contributed by atoms with van der Waals surface area (Å²) in [4.78, 5) is 0. The van der Waals surface area contributed by atoms with E-state index < -0.39 is 6.36 Å². The zero-order valence-electron chi connectivity index (χ0n) is 9.00. The molecule has 1 atom stereocenters. The van der Waals surface area contributed by atoms with Crippen LogP contribution < -0.4 is 10.5 Å². The van der Waals surface area contributed by atoms with Crippen LogP contribution in [0.25, 0.3) is 5.57 Å². The molecular weight excluding hydrogens is 231 g/mol. The fourth-order valence-corrected chi connectivity index (χ4v) is 1.92. The van der Waals surface area contributed by atoms with Gasteiger partial charge in [0.2, 0.25) is 0 Å². The summed E-state index contributed by atoms with van der Waals surface area (Å²) in [7, 11) is 0. The van der Waals surface area contributed by atoms with Crippen LogP contribution in [0.4, 0.5) is 13.2 Å². The van der Waals surface area contributed by atoms with Crippen molar-refractivity contribution in [3.8, 4) is 5.75 Å². The molecule has 1 aromatic rings. The topological polar surface area (TPSA) is 35.2 Å². The van der Waals surface area contributed by atoms with E-state index >= 15 is 0 Å². The van der Waals surface area contributed by atoms with E-state index in [0.29, 0.717) is 12.0 Å². The van der Waals surface area contributed by atoms with Gasteiger partial charge in [0, 0.05) is 11.6 Å². The van der Waals surface area contributed by atoms with Crippen molar-refractivity contribution in [3.63, 3.8) is 0 Å². The van der Waals surface area contributed by atoms with Gasteiger partial charge in [-0.05, 0) is 24.5 Å². The molecule has 0 bridgehead atoms. The fourth-order valence-electron chi connectivity index (χ4n) is 1.92. The SMILES string of the molecule is NC1C=C(c2ccccc2OC(F)(F)F)CC1. The van der Waals surface area contributed by atoms with Gasteiger partial charge in [0.1, 0.15) is 5.75 Å². The number of hydrogen-bond donors (Lipinski definition) is 1. The molecule has 0 fully saturated rings. The first-order valence-electron chi connectivity index (χ1n) is 5.27. The molecule has 2 nitrogen and oxygen atoms in total. The number of rotatable bonds is 2. The molecule has 2 rings (SSSR count). The van der Waals surface area contributed by atoms with Crippen molar-refractivity contribution in [3.05, 3.63) is 35.9 Å². The average Bonchev–Trinajstić information content (AvgIpc) is 2.63. The normalized spacial score (nSPS) is 20.2. The summed E-state index contributed by atoms with van der Waals surface area (Å²) in [5.74, 6) is -0.166. The summed E-state index contributed by atoms with van der Waals surface area (Å²) in [6.45, 7) is 0. The zero-order chi connectivity index (χ0) is 12.5. The maximum atomic E-state index is 12.2. The lowest BCUT2D eigenvalue weighted by atomic mass is 10.0. The van der Waals surface area contributed by atoms with Crippen LogP contribution >= 0.6 is 0 Å². The summed E-state index contributed by atoms with van der Waals surface area (Å²) in [6.07, 6.45) is -1.44. The largest absolute Gasteiger partial charge is 0.573 e. The molecular formula is C12H12F3NO. The summed E-state index contributed by atoms with van der Waals surface area (Å²) in [6, 6.07) is 6.05. The Morgan fingerprint density at radius 2 is 1.94 bits per heavy atom. The summed E-state index contributed by atoms with van der Waals surface area (Å²) < 4.78 is 40.7. The molecule has 1 unspecified atom stereocenters. The van der Waals surface area contributed by atoms with Crippen molar-refractivity contribution in [2.75, 3.05) is 0 Å². The van der Waals surface area contributed by atoms with Crippen LogP contribution in [0.5, 0.6) is 5.75 Å². The monoisotopic (exact) mass is 243 g/mol.